The number of piperidine rings is 1. The molecule has 1 aromatic heterocycles. The van der Waals surface area contributed by atoms with Crippen molar-refractivity contribution in [2.24, 2.45) is 11.1 Å². The summed E-state index contributed by atoms with van der Waals surface area (Å²) in [5.41, 5.74) is 5.56. The third kappa shape index (κ3) is 12.6. The van der Waals surface area contributed by atoms with E-state index in [1.165, 1.54) is 17.2 Å². The van der Waals surface area contributed by atoms with Crippen LogP contribution in [0, 0.1) is 11.2 Å². The Bertz CT molecular complexity index is 1960. The molecule has 3 aromatic rings. The van der Waals surface area contributed by atoms with Crippen molar-refractivity contribution in [2.75, 3.05) is 45.9 Å². The van der Waals surface area contributed by atoms with Gasteiger partial charge in [-0.2, -0.15) is 0 Å². The molecule has 0 unspecified atom stereocenters. The molecule has 3 atom stereocenters. The van der Waals surface area contributed by atoms with Gasteiger partial charge in [-0.3, -0.25) is 28.8 Å². The summed E-state index contributed by atoms with van der Waals surface area (Å²) in [6, 6.07) is 12.7. The van der Waals surface area contributed by atoms with Gasteiger partial charge in [-0.25, -0.2) is 4.39 Å². The predicted octanol–water partition coefficient (Wildman–Crippen LogP) is 1.57. The van der Waals surface area contributed by atoms with Crippen LogP contribution in [0.4, 0.5) is 4.39 Å². The van der Waals surface area contributed by atoms with Crippen molar-refractivity contribution in [3.63, 3.8) is 0 Å². The van der Waals surface area contributed by atoms with Crippen LogP contribution < -0.4 is 32.3 Å². The average Bonchev–Trinajstić information content (AvgIpc) is 3.72. The van der Waals surface area contributed by atoms with Crippen LogP contribution in [0.1, 0.15) is 41.7 Å². The molecule has 5 rings (SSSR count). The van der Waals surface area contributed by atoms with E-state index >= 15 is 4.39 Å². The van der Waals surface area contributed by atoms with E-state index in [0.717, 1.165) is 12.2 Å². The van der Waals surface area contributed by atoms with Crippen molar-refractivity contribution in [1.29, 1.82) is 0 Å². The fourth-order valence-electron chi connectivity index (χ4n) is 7.01. The topological polar surface area (TPSA) is 214 Å². The van der Waals surface area contributed by atoms with E-state index in [0.29, 0.717) is 40.9 Å². The van der Waals surface area contributed by atoms with Gasteiger partial charge in [-0.15, -0.1) is 0 Å². The van der Waals surface area contributed by atoms with Crippen LogP contribution in [0.5, 0.6) is 0 Å². The predicted molar refractivity (Wildman–Crippen MR) is 214 cm³/mol. The van der Waals surface area contributed by atoms with E-state index in [4.69, 9.17) is 14.9 Å². The first-order valence-electron chi connectivity index (χ1n) is 19.2. The third-order valence-corrected chi connectivity index (χ3v) is 10.5. The van der Waals surface area contributed by atoms with Crippen LogP contribution in [-0.4, -0.2) is 98.4 Å². The van der Waals surface area contributed by atoms with Crippen molar-refractivity contribution in [2.45, 2.75) is 57.2 Å². The zero-order valence-corrected chi connectivity index (χ0v) is 33.6. The Kier molecular flexibility index (Phi) is 16.1. The number of nitrogens with one attached hydrogen (secondary N) is 5. The summed E-state index contributed by atoms with van der Waals surface area (Å²) >= 11 is 3.28. The average molecular weight is 867 g/mol. The lowest BCUT2D eigenvalue weighted by molar-refractivity contribution is -0.141. The van der Waals surface area contributed by atoms with Gasteiger partial charge in [0.2, 0.25) is 35.4 Å². The van der Waals surface area contributed by atoms with Crippen LogP contribution in [0.15, 0.2) is 81.9 Å². The SMILES string of the molecule is NCCOCCNC(=O)[C@@H]1CCNC(=O)/C=C/C(=O)N2CCC[C@](Cc3ccc(Br)cc3F)(C2)C(=O)N[C@@H](Cc2ccco2)C(=O)NCc2ccccc2CC(=O)N1. The number of rotatable bonds is 10. The molecule has 6 amide bonds. The molecule has 1 saturated heterocycles. The van der Waals surface area contributed by atoms with Gasteiger partial charge < -0.3 is 46.4 Å². The molecule has 0 saturated carbocycles. The minimum Gasteiger partial charge on any atom is -0.469 e. The molecule has 2 aliphatic heterocycles. The van der Waals surface area contributed by atoms with Gasteiger partial charge in [0.25, 0.3) is 0 Å². The van der Waals surface area contributed by atoms with Gasteiger partial charge in [0.15, 0.2) is 0 Å². The second-order valence-corrected chi connectivity index (χ2v) is 15.2. The highest BCUT2D eigenvalue weighted by Crippen LogP contribution is 2.36. The van der Waals surface area contributed by atoms with E-state index < -0.39 is 58.8 Å². The number of carbonyl (C=O) groups excluding carboxylic acids is 6. The lowest BCUT2D eigenvalue weighted by Crippen LogP contribution is -2.58. The molecule has 15 nitrogen and oxygen atoms in total. The second kappa shape index (κ2) is 21.4. The fraction of sp³-hybridized carbons (Fsp3) is 0.415. The summed E-state index contributed by atoms with van der Waals surface area (Å²) in [5.74, 6) is -3.33. The first-order valence-corrected chi connectivity index (χ1v) is 20.0. The Morgan fingerprint density at radius 2 is 1.83 bits per heavy atom. The molecule has 17 heteroatoms. The molecule has 310 valence electrons. The zero-order valence-electron chi connectivity index (χ0n) is 32.0. The maximum atomic E-state index is 15.4. The summed E-state index contributed by atoms with van der Waals surface area (Å²) in [7, 11) is 0. The highest BCUT2D eigenvalue weighted by molar-refractivity contribution is 9.10. The second-order valence-electron chi connectivity index (χ2n) is 14.3. The van der Waals surface area contributed by atoms with Gasteiger partial charge in [0.1, 0.15) is 23.7 Å². The van der Waals surface area contributed by atoms with E-state index in [9.17, 15) is 28.8 Å². The Morgan fingerprint density at radius 3 is 2.59 bits per heavy atom. The maximum absolute atomic E-state index is 15.4. The number of benzene rings is 2. The summed E-state index contributed by atoms with van der Waals surface area (Å²) in [6.45, 7) is 1.16. The number of amides is 6. The lowest BCUT2D eigenvalue weighted by atomic mass is 9.73. The summed E-state index contributed by atoms with van der Waals surface area (Å²) < 4.78 is 26.8. The van der Waals surface area contributed by atoms with Crippen molar-refractivity contribution < 1.29 is 42.3 Å². The molecule has 0 spiro atoms. The summed E-state index contributed by atoms with van der Waals surface area (Å²) in [4.78, 5) is 83.0. The van der Waals surface area contributed by atoms with Crippen LogP contribution in [0.2, 0.25) is 0 Å². The van der Waals surface area contributed by atoms with Crippen molar-refractivity contribution in [1.82, 2.24) is 31.5 Å². The molecule has 2 aliphatic rings. The fourth-order valence-corrected chi connectivity index (χ4v) is 7.34. The number of hydrogen-bond acceptors (Lipinski definition) is 9. The smallest absolute Gasteiger partial charge is 0.246 e. The number of hydrogen-bond donors (Lipinski definition) is 6. The molecule has 2 bridgehead atoms. The van der Waals surface area contributed by atoms with Crippen molar-refractivity contribution in [3.05, 3.63) is 106 Å². The largest absolute Gasteiger partial charge is 0.469 e. The molecule has 0 radical (unpaired) electrons. The zero-order chi connectivity index (χ0) is 41.5. The number of ether oxygens (including phenoxy) is 1. The standard InChI is InChI=1S/C41H49BrFN7O8/c42-30-9-8-28(32(43)22-30)24-41-13-4-17-50(26-41)37(53)11-10-35(51)45-15-12-33(38(54)46-16-20-57-19-14-44)48-36(52)21-27-5-1-2-6-29(27)25-47-39(55)34(49-40(41)56)23-31-7-3-18-58-31/h1-3,5-11,18,22,33-34H,4,12-17,19-21,23-26,44H2,(H,45,51)(H,46,54)(H,47,55)(H,48,52)(H,49,56)/b11-10+/t33-,34-,41-/m0/s1. The Morgan fingerprint density at radius 1 is 1.02 bits per heavy atom. The molecular weight excluding hydrogens is 817 g/mol. The van der Waals surface area contributed by atoms with Crippen molar-refractivity contribution >= 4 is 51.4 Å². The minimum absolute atomic E-state index is 0.00454. The highest BCUT2D eigenvalue weighted by atomic mass is 79.9. The van der Waals surface area contributed by atoms with Crippen LogP contribution in [-0.2, 0) is 59.3 Å². The third-order valence-electron chi connectivity index (χ3n) is 10.0. The van der Waals surface area contributed by atoms with Gasteiger partial charge >= 0.3 is 0 Å². The van der Waals surface area contributed by atoms with E-state index in [-0.39, 0.29) is 77.0 Å². The van der Waals surface area contributed by atoms with Gasteiger partial charge in [0.05, 0.1) is 31.3 Å². The van der Waals surface area contributed by atoms with Crippen LogP contribution in [0.25, 0.3) is 0 Å². The van der Waals surface area contributed by atoms with Crippen LogP contribution >= 0.6 is 15.9 Å². The minimum atomic E-state index is -1.36. The normalized spacial score (nSPS) is 21.9. The molecule has 1 fully saturated rings. The number of nitrogens with zero attached hydrogens (tertiary/aromatic N) is 1. The molecule has 2 aromatic carbocycles. The quantitative estimate of drug-likeness (QED) is 0.163. The van der Waals surface area contributed by atoms with Gasteiger partial charge in [-0.1, -0.05) is 46.3 Å². The monoisotopic (exact) mass is 865 g/mol. The maximum Gasteiger partial charge on any atom is 0.246 e. The lowest BCUT2D eigenvalue weighted by Gasteiger charge is -2.42. The summed E-state index contributed by atoms with van der Waals surface area (Å²) in [5, 5.41) is 13.9. The first kappa shape index (κ1) is 43.7. The van der Waals surface area contributed by atoms with E-state index in [2.05, 4.69) is 42.5 Å². The molecule has 7 N–H and O–H groups in total. The number of halogens is 2. The van der Waals surface area contributed by atoms with E-state index in [1.807, 2.05) is 0 Å². The molecule has 0 aliphatic carbocycles. The van der Waals surface area contributed by atoms with Crippen molar-refractivity contribution in [3.8, 4) is 0 Å². The van der Waals surface area contributed by atoms with Gasteiger partial charge in [-0.05, 0) is 66.6 Å². The van der Waals surface area contributed by atoms with Gasteiger partial charge in [0, 0.05) is 62.3 Å². The first-order chi connectivity index (χ1) is 28.0. The Hall–Kier alpha value is -5.39. The highest BCUT2D eigenvalue weighted by Gasteiger charge is 2.45. The molecular formula is C41H49BrFN7O8. The number of carbonyl (C=O) groups is 6. The Balaban J connectivity index is 1.45. The molecule has 3 heterocycles. The number of nitrogens with two attached hydrogens (primary N) is 1. The van der Waals surface area contributed by atoms with E-state index in [1.54, 1.807) is 48.5 Å². The Labute approximate surface area is 344 Å². The number of furan rings is 1. The summed E-state index contributed by atoms with van der Waals surface area (Å²) in [6.07, 6.45) is 4.07. The van der Waals surface area contributed by atoms with Crippen LogP contribution in [0.3, 0.4) is 0 Å². The number of fused-ring (bicyclic) bond motifs is 3. The molecule has 58 heavy (non-hydrogen) atoms.